The summed E-state index contributed by atoms with van der Waals surface area (Å²) < 4.78 is 2.13. The molecule has 3 nitrogen and oxygen atoms in total. The molecule has 0 bridgehead atoms. The van der Waals surface area contributed by atoms with Crippen molar-refractivity contribution in [3.05, 3.63) is 54.7 Å². The number of rotatable bonds is 0. The molecule has 0 atom stereocenters. The zero-order chi connectivity index (χ0) is 12.4. The normalized spacial score (nSPS) is 11.6. The van der Waals surface area contributed by atoms with E-state index in [9.17, 15) is 0 Å². The molecule has 97 valence electrons. The minimum Gasteiger partial charge on any atom is -0.318 e. The largest absolute Gasteiger partial charge is 0.318 e. The van der Waals surface area contributed by atoms with Gasteiger partial charge in [-0.2, -0.15) is 0 Å². The Morgan fingerprint density at radius 3 is 2.90 bits per heavy atom. The number of benzene rings is 2. The molecule has 5 rings (SSSR count). The molecule has 2 aromatic carbocycles. The fourth-order valence-corrected chi connectivity index (χ4v) is 2.85. The minimum atomic E-state index is 0. The molecule has 0 fully saturated rings. The van der Waals surface area contributed by atoms with E-state index in [0.717, 1.165) is 38.5 Å². The molecule has 3 heterocycles. The molecule has 1 radical (unpaired) electrons. The molecule has 4 heteroatoms. The van der Waals surface area contributed by atoms with Gasteiger partial charge in [0.15, 0.2) is 0 Å². The Hall–Kier alpha value is -2.03. The predicted molar refractivity (Wildman–Crippen MR) is 75.5 cm³/mol. The van der Waals surface area contributed by atoms with Crippen LogP contribution in [0.25, 0.3) is 38.5 Å². The summed E-state index contributed by atoms with van der Waals surface area (Å²) >= 11 is 0. The Morgan fingerprint density at radius 2 is 1.95 bits per heavy atom. The Morgan fingerprint density at radius 1 is 1.05 bits per heavy atom. The quantitative estimate of drug-likeness (QED) is 0.212. The van der Waals surface area contributed by atoms with Crippen molar-refractivity contribution in [3.63, 3.8) is 0 Å². The van der Waals surface area contributed by atoms with E-state index >= 15 is 0 Å². The summed E-state index contributed by atoms with van der Waals surface area (Å²) in [6.45, 7) is 0. The van der Waals surface area contributed by atoms with Crippen LogP contribution in [0.15, 0.2) is 48.7 Å². The predicted octanol–water partition coefficient (Wildman–Crippen LogP) is 3.42. The summed E-state index contributed by atoms with van der Waals surface area (Å²) in [4.78, 5) is 9.30. The second-order valence-electron chi connectivity index (χ2n) is 4.75. The van der Waals surface area contributed by atoms with Crippen molar-refractivity contribution in [3.8, 4) is 0 Å². The smallest absolute Gasteiger partial charge is 0.121 e. The van der Waals surface area contributed by atoms with E-state index in [2.05, 4.69) is 33.7 Å². The Bertz CT molecular complexity index is 1060. The number of pyridine rings is 1. The van der Waals surface area contributed by atoms with Crippen LogP contribution in [0.3, 0.4) is 0 Å². The van der Waals surface area contributed by atoms with Crippen LogP contribution in [0.2, 0.25) is 0 Å². The van der Waals surface area contributed by atoms with Crippen molar-refractivity contribution in [2.75, 3.05) is 0 Å². The van der Waals surface area contributed by atoms with Gasteiger partial charge in [0.1, 0.15) is 5.65 Å². The zero-order valence-corrected chi connectivity index (χ0v) is 12.7. The van der Waals surface area contributed by atoms with Crippen molar-refractivity contribution >= 4 is 38.5 Å². The van der Waals surface area contributed by atoms with Gasteiger partial charge in [0, 0.05) is 31.7 Å². The molecule has 0 unspecified atom stereocenters. The molecule has 0 saturated carbocycles. The maximum atomic E-state index is 4.76. The van der Waals surface area contributed by atoms with Gasteiger partial charge in [-0.15, -0.1) is 35.0 Å². The first-order valence-electron chi connectivity index (χ1n) is 6.20. The van der Waals surface area contributed by atoms with Gasteiger partial charge in [-0.1, -0.05) is 18.2 Å². The second-order valence-corrected chi connectivity index (χ2v) is 4.75. The number of aromatic nitrogens is 3. The third kappa shape index (κ3) is 1.32. The number of nitrogens with zero attached hydrogens (tertiary/aromatic N) is 3. The van der Waals surface area contributed by atoms with Gasteiger partial charge in [0.25, 0.3) is 0 Å². The topological polar surface area (TPSA) is 30.2 Å². The van der Waals surface area contributed by atoms with E-state index in [0.29, 0.717) is 0 Å². The van der Waals surface area contributed by atoms with Gasteiger partial charge in [-0.05, 0) is 6.07 Å². The molecule has 0 saturated heterocycles. The number of hydrogen-bond donors (Lipinski definition) is 0. The Labute approximate surface area is 127 Å². The van der Waals surface area contributed by atoms with Crippen LogP contribution in [-0.4, -0.2) is 14.4 Å². The molecule has 0 amide bonds. The van der Waals surface area contributed by atoms with Gasteiger partial charge < -0.3 is 4.40 Å². The van der Waals surface area contributed by atoms with Gasteiger partial charge in [-0.25, -0.2) is 4.98 Å². The second kappa shape index (κ2) is 3.98. The number of imidazole rings is 1. The van der Waals surface area contributed by atoms with Crippen LogP contribution in [0.5, 0.6) is 0 Å². The molecule has 0 N–H and O–H groups in total. The molecule has 0 aliphatic carbocycles. The third-order valence-corrected chi connectivity index (χ3v) is 3.67. The Balaban J connectivity index is 0.00000106. The first-order valence-corrected chi connectivity index (χ1v) is 6.20. The van der Waals surface area contributed by atoms with Gasteiger partial charge >= 0.3 is 0 Å². The van der Waals surface area contributed by atoms with Crippen LogP contribution in [0.4, 0.5) is 0 Å². The summed E-state index contributed by atoms with van der Waals surface area (Å²) in [5.74, 6) is 0. The van der Waals surface area contributed by atoms with E-state index in [1.807, 2.05) is 30.5 Å². The summed E-state index contributed by atoms with van der Waals surface area (Å²) in [5, 5.41) is 3.29. The maximum Gasteiger partial charge on any atom is 0.121 e. The molecule has 20 heavy (non-hydrogen) atoms. The van der Waals surface area contributed by atoms with E-state index < -0.39 is 0 Å². The van der Waals surface area contributed by atoms with Crippen LogP contribution in [0.1, 0.15) is 0 Å². The molecule has 0 spiro atoms. The fraction of sp³-hybridized carbons (Fsp3) is 0. The van der Waals surface area contributed by atoms with E-state index in [1.54, 1.807) is 0 Å². The molecule has 0 aliphatic heterocycles. The van der Waals surface area contributed by atoms with Crippen molar-refractivity contribution in [2.45, 2.75) is 0 Å². The first-order chi connectivity index (χ1) is 9.42. The number of fused-ring (bicyclic) bond motifs is 2. The molecular weight excluding hydrogens is 426 g/mol. The summed E-state index contributed by atoms with van der Waals surface area (Å²) in [6.07, 6.45) is 1.91. The number of hydrogen-bond acceptors (Lipinski definition) is 2. The molecular formula is C16H8IrN3-. The van der Waals surface area contributed by atoms with E-state index in [4.69, 9.17) is 4.98 Å². The van der Waals surface area contributed by atoms with Crippen LogP contribution in [0, 0.1) is 6.07 Å². The molecule has 0 aliphatic rings. The maximum absolute atomic E-state index is 4.76. The molecule has 3 aromatic heterocycles. The van der Waals surface area contributed by atoms with Crippen molar-refractivity contribution < 1.29 is 20.1 Å². The number of para-hydroxylation sites is 1. The molecule has 5 aromatic rings. The van der Waals surface area contributed by atoms with Gasteiger partial charge in [0.05, 0.1) is 16.7 Å². The van der Waals surface area contributed by atoms with Crippen molar-refractivity contribution in [2.24, 2.45) is 0 Å². The summed E-state index contributed by atoms with van der Waals surface area (Å²) in [6, 6.07) is 17.5. The van der Waals surface area contributed by atoms with Crippen LogP contribution < -0.4 is 0 Å². The van der Waals surface area contributed by atoms with Crippen molar-refractivity contribution in [1.29, 1.82) is 0 Å². The van der Waals surface area contributed by atoms with E-state index in [-0.39, 0.29) is 20.1 Å². The monoisotopic (exact) mass is 435 g/mol. The summed E-state index contributed by atoms with van der Waals surface area (Å²) in [5.41, 5.74) is 4.02. The van der Waals surface area contributed by atoms with Crippen LogP contribution >= 0.6 is 0 Å². The van der Waals surface area contributed by atoms with E-state index in [1.165, 1.54) is 0 Å². The zero-order valence-electron chi connectivity index (χ0n) is 10.3. The standard InChI is InChI=1S/C16H8N3.Ir/c1-2-6-12-10(4-1)8-14-17-9-11-5-3-7-13-15(11)19(14)16(12)18-13;/h1-5,7-9H;/q-1;. The van der Waals surface area contributed by atoms with Gasteiger partial charge in [0.2, 0.25) is 0 Å². The third-order valence-electron chi connectivity index (χ3n) is 3.67. The Kier molecular flexibility index (Phi) is 2.34. The average molecular weight is 434 g/mol. The van der Waals surface area contributed by atoms with Gasteiger partial charge in [-0.3, -0.25) is 4.98 Å². The summed E-state index contributed by atoms with van der Waals surface area (Å²) in [7, 11) is 0. The van der Waals surface area contributed by atoms with Crippen LogP contribution in [-0.2, 0) is 20.1 Å². The SMILES string of the molecule is [Ir].[c-]1cccc2cc3ncc4cccc5nc(c12)n3c45. The fourth-order valence-electron chi connectivity index (χ4n) is 2.85. The minimum absolute atomic E-state index is 0. The first kappa shape index (κ1) is 11.8. The van der Waals surface area contributed by atoms with Crippen molar-refractivity contribution in [1.82, 2.24) is 14.4 Å². The average Bonchev–Trinajstić information content (AvgIpc) is 2.85.